The molecule has 0 fully saturated rings. The van der Waals surface area contributed by atoms with Crippen LogP contribution in [0.1, 0.15) is 45.6 Å². The summed E-state index contributed by atoms with van der Waals surface area (Å²) in [6, 6.07) is 5.48. The first-order valence-corrected chi connectivity index (χ1v) is 9.34. The molecular formula is C18H21FN2O2S. The van der Waals surface area contributed by atoms with Gasteiger partial charge >= 0.3 is 0 Å². The molecule has 2 rings (SSSR count). The predicted octanol–water partition coefficient (Wildman–Crippen LogP) is 4.48. The van der Waals surface area contributed by atoms with E-state index in [9.17, 15) is 12.8 Å². The summed E-state index contributed by atoms with van der Waals surface area (Å²) >= 11 is 0. The van der Waals surface area contributed by atoms with Crippen molar-refractivity contribution in [2.75, 3.05) is 4.72 Å². The van der Waals surface area contributed by atoms with Crippen LogP contribution in [0.5, 0.6) is 0 Å². The van der Waals surface area contributed by atoms with E-state index in [1.165, 1.54) is 12.1 Å². The highest BCUT2D eigenvalue weighted by Gasteiger charge is 2.26. The molecule has 1 aromatic carbocycles. The monoisotopic (exact) mass is 348 g/mol. The SMILES string of the molecule is C/C=C(\C1=C(C)CC(C)CC1)S(=O)(=O)Nc1ccc(C#N)cc1F. The Morgan fingerprint density at radius 2 is 2.17 bits per heavy atom. The van der Waals surface area contributed by atoms with Crippen LogP contribution in [0, 0.1) is 23.1 Å². The van der Waals surface area contributed by atoms with E-state index in [2.05, 4.69) is 11.6 Å². The van der Waals surface area contributed by atoms with E-state index in [-0.39, 0.29) is 16.2 Å². The van der Waals surface area contributed by atoms with Crippen LogP contribution in [0.15, 0.2) is 40.3 Å². The van der Waals surface area contributed by atoms with Gasteiger partial charge in [0.05, 0.1) is 22.2 Å². The van der Waals surface area contributed by atoms with Crippen molar-refractivity contribution < 1.29 is 12.8 Å². The minimum Gasteiger partial charge on any atom is -0.277 e. The third-order valence-electron chi connectivity index (χ3n) is 4.25. The summed E-state index contributed by atoms with van der Waals surface area (Å²) in [6.07, 6.45) is 4.06. The molecule has 0 spiro atoms. The van der Waals surface area contributed by atoms with E-state index in [0.717, 1.165) is 30.1 Å². The van der Waals surface area contributed by atoms with Gasteiger partial charge in [0.15, 0.2) is 0 Å². The fraction of sp³-hybridized carbons (Fsp3) is 0.389. The smallest absolute Gasteiger partial charge is 0.261 e. The highest BCUT2D eigenvalue weighted by atomic mass is 32.2. The third kappa shape index (κ3) is 3.85. The summed E-state index contributed by atoms with van der Waals surface area (Å²) in [5.74, 6) is -0.227. The maximum atomic E-state index is 14.0. The van der Waals surface area contributed by atoms with Crippen LogP contribution in [0.4, 0.5) is 10.1 Å². The molecule has 1 N–H and O–H groups in total. The van der Waals surface area contributed by atoms with E-state index >= 15 is 0 Å². The number of allylic oxidation sites excluding steroid dienone is 3. The van der Waals surface area contributed by atoms with Crippen molar-refractivity contribution in [3.8, 4) is 6.07 Å². The Bertz CT molecular complexity index is 848. The first-order chi connectivity index (χ1) is 11.3. The summed E-state index contributed by atoms with van der Waals surface area (Å²) in [5, 5.41) is 8.76. The zero-order valence-corrected chi connectivity index (χ0v) is 14.9. The number of nitriles is 1. The summed E-state index contributed by atoms with van der Waals surface area (Å²) in [6.45, 7) is 5.77. The quantitative estimate of drug-likeness (QED) is 0.872. The highest BCUT2D eigenvalue weighted by Crippen LogP contribution is 2.35. The average molecular weight is 348 g/mol. The van der Waals surface area contributed by atoms with Crippen molar-refractivity contribution in [1.82, 2.24) is 0 Å². The fourth-order valence-electron chi connectivity index (χ4n) is 3.04. The number of nitrogens with one attached hydrogen (secondary N) is 1. The second-order valence-electron chi connectivity index (χ2n) is 6.17. The van der Waals surface area contributed by atoms with E-state index in [1.807, 2.05) is 13.0 Å². The Labute approximate surface area is 142 Å². The van der Waals surface area contributed by atoms with Crippen LogP contribution < -0.4 is 4.72 Å². The molecule has 0 saturated carbocycles. The zero-order chi connectivity index (χ0) is 17.9. The lowest BCUT2D eigenvalue weighted by Crippen LogP contribution is -2.20. The van der Waals surface area contributed by atoms with Gasteiger partial charge in [-0.05, 0) is 62.8 Å². The molecule has 6 heteroatoms. The van der Waals surface area contributed by atoms with E-state index in [4.69, 9.17) is 5.26 Å². The van der Waals surface area contributed by atoms with Crippen LogP contribution in [-0.4, -0.2) is 8.42 Å². The third-order valence-corrected chi connectivity index (χ3v) is 5.80. The molecule has 1 unspecified atom stereocenters. The number of hydrogen-bond acceptors (Lipinski definition) is 3. The summed E-state index contributed by atoms with van der Waals surface area (Å²) in [5.41, 5.74) is 1.86. The van der Waals surface area contributed by atoms with Gasteiger partial charge in [-0.1, -0.05) is 18.6 Å². The largest absolute Gasteiger partial charge is 0.277 e. The number of benzene rings is 1. The van der Waals surface area contributed by atoms with Gasteiger partial charge < -0.3 is 0 Å². The maximum absolute atomic E-state index is 14.0. The molecule has 0 radical (unpaired) electrons. The molecule has 0 aliphatic heterocycles. The molecule has 4 nitrogen and oxygen atoms in total. The van der Waals surface area contributed by atoms with Crippen LogP contribution in [0.2, 0.25) is 0 Å². The van der Waals surface area contributed by atoms with Gasteiger partial charge in [-0.25, -0.2) is 12.8 Å². The lowest BCUT2D eigenvalue weighted by atomic mass is 9.85. The number of anilines is 1. The Hall–Kier alpha value is -2.13. The molecule has 24 heavy (non-hydrogen) atoms. The highest BCUT2D eigenvalue weighted by molar-refractivity contribution is 7.96. The standard InChI is InChI=1S/C18H21FN2O2S/c1-4-18(15-7-5-12(2)9-13(15)3)24(22,23)21-17-8-6-14(11-20)10-16(17)19/h4,6,8,10,12,21H,5,7,9H2,1-3H3/b18-4+. The molecular weight excluding hydrogens is 327 g/mol. The molecule has 1 atom stereocenters. The summed E-state index contributed by atoms with van der Waals surface area (Å²) in [7, 11) is -3.89. The van der Waals surface area contributed by atoms with Crippen LogP contribution in [0.25, 0.3) is 0 Å². The lowest BCUT2D eigenvalue weighted by Gasteiger charge is -2.25. The normalized spacial score (nSPS) is 19.1. The first kappa shape index (κ1) is 18.2. The number of sulfonamides is 1. The molecule has 0 heterocycles. The predicted molar refractivity (Wildman–Crippen MR) is 93.1 cm³/mol. The van der Waals surface area contributed by atoms with Gasteiger partial charge in [0.1, 0.15) is 5.82 Å². The summed E-state index contributed by atoms with van der Waals surface area (Å²) < 4.78 is 41.7. The van der Waals surface area contributed by atoms with Crippen molar-refractivity contribution in [3.05, 3.63) is 51.7 Å². The van der Waals surface area contributed by atoms with Gasteiger partial charge in [0, 0.05) is 0 Å². The van der Waals surface area contributed by atoms with Crippen molar-refractivity contribution in [2.24, 2.45) is 5.92 Å². The molecule has 1 aliphatic rings. The minimum atomic E-state index is -3.89. The van der Waals surface area contributed by atoms with Crippen LogP contribution in [0.3, 0.4) is 0 Å². The summed E-state index contributed by atoms with van der Waals surface area (Å²) in [4.78, 5) is 0.204. The van der Waals surface area contributed by atoms with E-state index in [0.29, 0.717) is 12.3 Å². The first-order valence-electron chi connectivity index (χ1n) is 7.86. The topological polar surface area (TPSA) is 70.0 Å². The Kier molecular flexibility index (Phi) is 5.45. The second-order valence-corrected chi connectivity index (χ2v) is 7.82. The number of rotatable bonds is 4. The van der Waals surface area contributed by atoms with Gasteiger partial charge in [0.2, 0.25) is 0 Å². The lowest BCUT2D eigenvalue weighted by molar-refractivity contribution is 0.499. The number of hydrogen-bond donors (Lipinski definition) is 1. The molecule has 128 valence electrons. The fourth-order valence-corrected chi connectivity index (χ4v) is 4.52. The molecule has 0 aromatic heterocycles. The number of halogens is 1. The van der Waals surface area contributed by atoms with Gasteiger partial charge in [-0.2, -0.15) is 5.26 Å². The minimum absolute atomic E-state index is 0.140. The van der Waals surface area contributed by atoms with Gasteiger partial charge in [-0.3, -0.25) is 4.72 Å². The Balaban J connectivity index is 2.36. The molecule has 1 aliphatic carbocycles. The maximum Gasteiger partial charge on any atom is 0.261 e. The number of nitrogens with zero attached hydrogens (tertiary/aromatic N) is 1. The molecule has 0 bridgehead atoms. The Morgan fingerprint density at radius 1 is 1.46 bits per heavy atom. The van der Waals surface area contributed by atoms with Gasteiger partial charge in [-0.15, -0.1) is 0 Å². The molecule has 0 amide bonds. The Morgan fingerprint density at radius 3 is 2.71 bits per heavy atom. The molecule has 1 aromatic rings. The second kappa shape index (κ2) is 7.18. The van der Waals surface area contributed by atoms with Crippen molar-refractivity contribution in [1.29, 1.82) is 5.26 Å². The van der Waals surface area contributed by atoms with E-state index in [1.54, 1.807) is 13.0 Å². The van der Waals surface area contributed by atoms with Crippen LogP contribution in [-0.2, 0) is 10.0 Å². The van der Waals surface area contributed by atoms with Crippen molar-refractivity contribution in [2.45, 2.75) is 40.0 Å². The van der Waals surface area contributed by atoms with Gasteiger partial charge in [0.25, 0.3) is 10.0 Å². The van der Waals surface area contributed by atoms with Crippen molar-refractivity contribution >= 4 is 15.7 Å². The van der Waals surface area contributed by atoms with Crippen molar-refractivity contribution in [3.63, 3.8) is 0 Å². The van der Waals surface area contributed by atoms with E-state index < -0.39 is 15.8 Å². The van der Waals surface area contributed by atoms with Crippen LogP contribution >= 0.6 is 0 Å². The zero-order valence-electron chi connectivity index (χ0n) is 14.1. The average Bonchev–Trinajstić information content (AvgIpc) is 2.51. The molecule has 0 saturated heterocycles.